The van der Waals surface area contributed by atoms with Crippen molar-refractivity contribution in [1.82, 2.24) is 14.1 Å². The van der Waals surface area contributed by atoms with Crippen LogP contribution in [0.25, 0.3) is 11.4 Å². The minimum Gasteiger partial charge on any atom is -1.00 e. The highest BCUT2D eigenvalue weighted by Crippen LogP contribution is 2.13. The average molecular weight is 499 g/mol. The van der Waals surface area contributed by atoms with E-state index >= 15 is 0 Å². The number of hydrogen-bond donors (Lipinski definition) is 0. The molecule has 0 unspecified atom stereocenters. The van der Waals surface area contributed by atoms with Crippen LogP contribution < -0.4 is 28.5 Å². The first-order valence-electron chi connectivity index (χ1n) is 7.65. The van der Waals surface area contributed by atoms with Crippen LogP contribution in [0.15, 0.2) is 86.0 Å². The summed E-state index contributed by atoms with van der Waals surface area (Å²) in [5.41, 5.74) is 2.18. The Morgan fingerprint density at radius 2 is 1.35 bits per heavy atom. The van der Waals surface area contributed by atoms with Crippen LogP contribution in [-0.4, -0.2) is 14.1 Å². The predicted molar refractivity (Wildman–Crippen MR) is 101 cm³/mol. The molecule has 0 aliphatic heterocycles. The Labute approximate surface area is 179 Å². The smallest absolute Gasteiger partial charge is 0.248 e. The van der Waals surface area contributed by atoms with Gasteiger partial charge in [-0.1, -0.05) is 23.2 Å². The number of nitrogens with zero attached hydrogens (tertiary/aromatic N) is 4. The molecular weight excluding hydrogens is 482 g/mol. The Morgan fingerprint density at radius 1 is 0.808 bits per heavy atom. The Bertz CT molecular complexity index is 917. The Hall–Kier alpha value is -1.83. The predicted octanol–water partition coefficient (Wildman–Crippen LogP) is 1.48. The van der Waals surface area contributed by atoms with Gasteiger partial charge in [-0.25, -0.2) is 14.1 Å². The molecule has 0 atom stereocenters. The topological polar surface area (TPSA) is 26.6 Å². The van der Waals surface area contributed by atoms with Gasteiger partial charge in [-0.2, -0.15) is 0 Å². The second-order valence-electron chi connectivity index (χ2n) is 5.41. The van der Waals surface area contributed by atoms with Crippen LogP contribution in [0.1, 0.15) is 0 Å². The molecule has 0 N–H and O–H groups in total. The minimum atomic E-state index is 0. The summed E-state index contributed by atoms with van der Waals surface area (Å²) >= 11 is 11.5. The summed E-state index contributed by atoms with van der Waals surface area (Å²) in [5.74, 6) is 0. The SMILES string of the molecule is C[n+]1ccn(-c2ccc(Cl)cc2)c1.Clc1ccc(-n2ccnc2)cc1.[I-]. The van der Waals surface area contributed by atoms with Crippen LogP contribution >= 0.6 is 23.2 Å². The molecule has 4 rings (SSSR count). The van der Waals surface area contributed by atoms with Crippen LogP contribution in [-0.2, 0) is 7.05 Å². The molecule has 0 saturated carbocycles. The highest BCUT2D eigenvalue weighted by Gasteiger charge is 2.02. The molecule has 7 heteroatoms. The highest BCUT2D eigenvalue weighted by molar-refractivity contribution is 6.30. The Balaban J connectivity index is 0.000000180. The van der Waals surface area contributed by atoms with Crippen LogP contribution in [0.2, 0.25) is 10.0 Å². The molecule has 0 aliphatic carbocycles. The fraction of sp³-hybridized carbons (Fsp3) is 0.0526. The molecule has 0 radical (unpaired) electrons. The summed E-state index contributed by atoms with van der Waals surface area (Å²) in [6.07, 6.45) is 11.4. The number of aromatic nitrogens is 4. The fourth-order valence-electron chi connectivity index (χ4n) is 2.24. The number of imidazole rings is 2. The van der Waals surface area contributed by atoms with E-state index in [0.29, 0.717) is 0 Å². The van der Waals surface area contributed by atoms with Crippen molar-refractivity contribution in [3.8, 4) is 11.4 Å². The largest absolute Gasteiger partial charge is 1.00 e. The summed E-state index contributed by atoms with van der Waals surface area (Å²) < 4.78 is 5.96. The molecule has 2 aromatic carbocycles. The van der Waals surface area contributed by atoms with Gasteiger partial charge in [-0.15, -0.1) is 0 Å². The first-order chi connectivity index (χ1) is 12.1. The van der Waals surface area contributed by atoms with Crippen molar-refractivity contribution < 1.29 is 28.5 Å². The van der Waals surface area contributed by atoms with Crippen LogP contribution in [0.4, 0.5) is 0 Å². The molecule has 4 nitrogen and oxygen atoms in total. The van der Waals surface area contributed by atoms with Crippen molar-refractivity contribution in [2.24, 2.45) is 7.05 Å². The van der Waals surface area contributed by atoms with Gasteiger partial charge in [0.05, 0.1) is 13.4 Å². The zero-order valence-electron chi connectivity index (χ0n) is 14.0. The minimum absolute atomic E-state index is 0. The third-order valence-corrected chi connectivity index (χ3v) is 4.03. The van der Waals surface area contributed by atoms with Crippen molar-refractivity contribution in [2.75, 3.05) is 0 Å². The molecule has 0 saturated heterocycles. The molecule has 2 heterocycles. The summed E-state index contributed by atoms with van der Waals surface area (Å²) in [4.78, 5) is 3.95. The molecule has 0 aliphatic rings. The van der Waals surface area contributed by atoms with Gasteiger partial charge in [0.1, 0.15) is 18.1 Å². The zero-order valence-corrected chi connectivity index (χ0v) is 17.7. The normalized spacial score (nSPS) is 9.81. The van der Waals surface area contributed by atoms with E-state index in [-0.39, 0.29) is 24.0 Å². The van der Waals surface area contributed by atoms with Crippen LogP contribution in [0.3, 0.4) is 0 Å². The summed E-state index contributed by atoms with van der Waals surface area (Å²) in [7, 11) is 1.99. The van der Waals surface area contributed by atoms with Gasteiger partial charge in [0, 0.05) is 28.1 Å². The van der Waals surface area contributed by atoms with Crippen molar-refractivity contribution in [3.63, 3.8) is 0 Å². The van der Waals surface area contributed by atoms with Crippen molar-refractivity contribution in [2.45, 2.75) is 0 Å². The molecule has 26 heavy (non-hydrogen) atoms. The molecule has 2 aromatic heterocycles. The van der Waals surface area contributed by atoms with Crippen molar-refractivity contribution in [1.29, 1.82) is 0 Å². The number of benzene rings is 2. The molecule has 0 amide bonds. The quantitative estimate of drug-likeness (QED) is 0.304. The second-order valence-corrected chi connectivity index (χ2v) is 6.28. The first kappa shape index (κ1) is 20.5. The summed E-state index contributed by atoms with van der Waals surface area (Å²) in [6.45, 7) is 0. The zero-order chi connectivity index (χ0) is 17.6. The van der Waals surface area contributed by atoms with Gasteiger partial charge in [-0.3, -0.25) is 0 Å². The molecule has 0 fully saturated rings. The van der Waals surface area contributed by atoms with E-state index < -0.39 is 0 Å². The third kappa shape index (κ3) is 5.59. The number of aryl methyl sites for hydroxylation is 1. The molecular formula is C19H17Cl2IN4. The van der Waals surface area contributed by atoms with Gasteiger partial charge >= 0.3 is 0 Å². The third-order valence-electron chi connectivity index (χ3n) is 3.52. The van der Waals surface area contributed by atoms with Gasteiger partial charge in [0.25, 0.3) is 0 Å². The van der Waals surface area contributed by atoms with Crippen molar-refractivity contribution >= 4 is 23.2 Å². The van der Waals surface area contributed by atoms with Gasteiger partial charge in [0.2, 0.25) is 6.33 Å². The average Bonchev–Trinajstić information content (AvgIpc) is 3.29. The van der Waals surface area contributed by atoms with Gasteiger partial charge in [0.15, 0.2) is 0 Å². The fourth-order valence-corrected chi connectivity index (χ4v) is 2.49. The summed E-state index contributed by atoms with van der Waals surface area (Å²) in [6, 6.07) is 15.4. The maximum Gasteiger partial charge on any atom is 0.248 e. The van der Waals surface area contributed by atoms with E-state index in [1.165, 1.54) is 0 Å². The van der Waals surface area contributed by atoms with E-state index in [2.05, 4.69) is 4.98 Å². The van der Waals surface area contributed by atoms with Gasteiger partial charge in [-0.05, 0) is 48.5 Å². The van der Waals surface area contributed by atoms with Crippen LogP contribution in [0, 0.1) is 0 Å². The monoisotopic (exact) mass is 498 g/mol. The Kier molecular flexibility index (Phi) is 7.68. The van der Waals surface area contributed by atoms with E-state index in [1.807, 2.05) is 94.2 Å². The highest BCUT2D eigenvalue weighted by atomic mass is 127. The standard InChI is InChI=1S/C10H10ClN2.C9H7ClN2.HI/c1-12-6-7-13(8-12)10-4-2-9(11)3-5-10;10-8-1-3-9(4-2-8)12-6-5-11-7-12;/h2-8H,1H3;1-7H;1H/q+1;;/p-1. The molecule has 4 aromatic rings. The van der Waals surface area contributed by atoms with Crippen molar-refractivity contribution in [3.05, 3.63) is 96.0 Å². The van der Waals surface area contributed by atoms with Gasteiger partial charge < -0.3 is 28.5 Å². The first-order valence-corrected chi connectivity index (χ1v) is 8.40. The lowest BCUT2D eigenvalue weighted by atomic mass is 10.3. The molecule has 0 spiro atoms. The molecule has 134 valence electrons. The lowest BCUT2D eigenvalue weighted by molar-refractivity contribution is -0.670. The lowest BCUT2D eigenvalue weighted by Crippen LogP contribution is -3.00. The van der Waals surface area contributed by atoms with E-state index in [4.69, 9.17) is 23.2 Å². The summed E-state index contributed by atoms with van der Waals surface area (Å²) in [5, 5.41) is 1.51. The number of halogens is 3. The number of hydrogen-bond acceptors (Lipinski definition) is 1. The van der Waals surface area contributed by atoms with E-state index in [0.717, 1.165) is 21.4 Å². The maximum atomic E-state index is 5.79. The Morgan fingerprint density at radius 3 is 1.77 bits per heavy atom. The van der Waals surface area contributed by atoms with E-state index in [9.17, 15) is 0 Å². The van der Waals surface area contributed by atoms with E-state index in [1.54, 1.807) is 12.5 Å². The maximum absolute atomic E-state index is 5.79. The number of rotatable bonds is 2. The molecule has 0 bridgehead atoms. The lowest BCUT2D eigenvalue weighted by Gasteiger charge is -2.00. The second kappa shape index (κ2) is 9.75. The van der Waals surface area contributed by atoms with Crippen LogP contribution in [0.5, 0.6) is 0 Å².